The molecule has 0 aliphatic rings. The van der Waals surface area contributed by atoms with Gasteiger partial charge in [-0.2, -0.15) is 0 Å². The zero-order valence-corrected chi connectivity index (χ0v) is 18.9. The number of benzene rings is 3. The van der Waals surface area contributed by atoms with Gasteiger partial charge in [0.25, 0.3) is 5.91 Å². The first-order valence-corrected chi connectivity index (χ1v) is 10.5. The van der Waals surface area contributed by atoms with E-state index in [9.17, 15) is 19.8 Å². The number of amides is 1. The van der Waals surface area contributed by atoms with Crippen molar-refractivity contribution in [1.29, 1.82) is 0 Å². The monoisotopic (exact) mass is 473 g/mol. The number of rotatable bonds is 7. The molecule has 8 heteroatoms. The van der Waals surface area contributed by atoms with Gasteiger partial charge in [0.1, 0.15) is 18.0 Å². The Morgan fingerprint density at radius 3 is 2.19 bits per heavy atom. The minimum absolute atomic E-state index is 0.0699. The molecule has 0 aliphatic heterocycles. The van der Waals surface area contributed by atoms with Crippen LogP contribution in [0.25, 0.3) is 0 Å². The third-order valence-electron chi connectivity index (χ3n) is 4.69. The van der Waals surface area contributed by atoms with Gasteiger partial charge in [-0.05, 0) is 48.4 Å². The van der Waals surface area contributed by atoms with Crippen molar-refractivity contribution in [3.05, 3.63) is 81.8 Å². The number of nitrogens with zero attached hydrogens (tertiary/aromatic N) is 1. The number of halogens is 2. The second-order valence-electron chi connectivity index (χ2n) is 7.37. The highest BCUT2D eigenvalue weighted by atomic mass is 35.5. The Morgan fingerprint density at radius 2 is 1.62 bits per heavy atom. The van der Waals surface area contributed by atoms with Crippen LogP contribution in [0.2, 0.25) is 10.0 Å². The summed E-state index contributed by atoms with van der Waals surface area (Å²) in [6.45, 7) is 3.30. The number of aliphatic carboxylic acids is 1. The molecule has 1 amide bonds. The second kappa shape index (κ2) is 9.94. The Labute approximate surface area is 195 Å². The van der Waals surface area contributed by atoms with E-state index in [0.717, 1.165) is 4.90 Å². The molecule has 0 aromatic heterocycles. The molecule has 0 saturated carbocycles. The maximum Gasteiger partial charge on any atom is 0.323 e. The van der Waals surface area contributed by atoms with E-state index in [0.29, 0.717) is 16.9 Å². The molecular formula is C24H21Cl2NO5. The fraction of sp³-hybridized carbons (Fsp3) is 0.167. The van der Waals surface area contributed by atoms with E-state index in [1.807, 2.05) is 13.8 Å². The zero-order valence-electron chi connectivity index (χ0n) is 17.4. The Bertz CT molecular complexity index is 1130. The van der Waals surface area contributed by atoms with Gasteiger partial charge in [-0.15, -0.1) is 0 Å². The lowest BCUT2D eigenvalue weighted by Crippen LogP contribution is -2.35. The maximum atomic E-state index is 12.9. The van der Waals surface area contributed by atoms with Crippen LogP contribution in [0.4, 0.5) is 5.69 Å². The Hall–Kier alpha value is -3.22. The standard InChI is InChI=1S/C24H21Cl2NO5/c1-14(2)18-12-17(8-9-21(18)28)32-23-19(25)10-16(11-20(23)26)27(13-22(29)30)24(31)15-6-4-3-5-7-15/h3-12,14,28H,13H2,1-2H3,(H,29,30). The van der Waals surface area contributed by atoms with E-state index < -0.39 is 18.4 Å². The lowest BCUT2D eigenvalue weighted by Gasteiger charge is -2.22. The third-order valence-corrected chi connectivity index (χ3v) is 5.26. The van der Waals surface area contributed by atoms with Crippen molar-refractivity contribution in [1.82, 2.24) is 0 Å². The van der Waals surface area contributed by atoms with Gasteiger partial charge in [0.2, 0.25) is 0 Å². The summed E-state index contributed by atoms with van der Waals surface area (Å²) in [5.41, 5.74) is 1.25. The number of carboxylic acids is 1. The summed E-state index contributed by atoms with van der Waals surface area (Å²) in [4.78, 5) is 25.4. The van der Waals surface area contributed by atoms with Crippen molar-refractivity contribution in [2.45, 2.75) is 19.8 Å². The normalized spacial score (nSPS) is 10.8. The average Bonchev–Trinajstić information content (AvgIpc) is 2.75. The summed E-state index contributed by atoms with van der Waals surface area (Å²) in [6.07, 6.45) is 0. The third kappa shape index (κ3) is 5.33. The summed E-state index contributed by atoms with van der Waals surface area (Å²) in [5.74, 6) is -0.893. The number of hydrogen-bond donors (Lipinski definition) is 2. The molecule has 0 atom stereocenters. The summed E-state index contributed by atoms with van der Waals surface area (Å²) in [5, 5.41) is 19.5. The number of anilines is 1. The minimum atomic E-state index is -1.19. The topological polar surface area (TPSA) is 87.1 Å². The smallest absolute Gasteiger partial charge is 0.323 e. The second-order valence-corrected chi connectivity index (χ2v) is 8.18. The molecule has 3 aromatic carbocycles. The van der Waals surface area contributed by atoms with E-state index in [-0.39, 0.29) is 33.1 Å². The van der Waals surface area contributed by atoms with Crippen molar-refractivity contribution in [2.75, 3.05) is 11.4 Å². The zero-order chi connectivity index (χ0) is 23.4. The number of hydrogen-bond acceptors (Lipinski definition) is 4. The van der Waals surface area contributed by atoms with Crippen LogP contribution in [-0.2, 0) is 4.79 Å². The quantitative estimate of drug-likeness (QED) is 0.417. The van der Waals surface area contributed by atoms with E-state index >= 15 is 0 Å². The summed E-state index contributed by atoms with van der Waals surface area (Å²) < 4.78 is 5.85. The van der Waals surface area contributed by atoms with Crippen molar-refractivity contribution in [2.24, 2.45) is 0 Å². The van der Waals surface area contributed by atoms with Crippen LogP contribution in [0.15, 0.2) is 60.7 Å². The fourth-order valence-corrected chi connectivity index (χ4v) is 3.68. The first-order valence-electron chi connectivity index (χ1n) is 9.76. The lowest BCUT2D eigenvalue weighted by atomic mass is 10.0. The maximum absolute atomic E-state index is 12.9. The molecule has 2 N–H and O–H groups in total. The highest BCUT2D eigenvalue weighted by Gasteiger charge is 2.23. The van der Waals surface area contributed by atoms with E-state index in [2.05, 4.69) is 0 Å². The van der Waals surface area contributed by atoms with Gasteiger partial charge in [0.15, 0.2) is 5.75 Å². The van der Waals surface area contributed by atoms with E-state index in [1.165, 1.54) is 18.2 Å². The van der Waals surface area contributed by atoms with E-state index in [1.54, 1.807) is 42.5 Å². The largest absolute Gasteiger partial charge is 0.508 e. The summed E-state index contributed by atoms with van der Waals surface area (Å²) in [6, 6.07) is 16.0. The van der Waals surface area contributed by atoms with Crippen LogP contribution < -0.4 is 9.64 Å². The van der Waals surface area contributed by atoms with Crippen LogP contribution in [0.3, 0.4) is 0 Å². The first-order chi connectivity index (χ1) is 15.2. The number of carbonyl (C=O) groups is 2. The van der Waals surface area contributed by atoms with Crippen molar-refractivity contribution in [3.63, 3.8) is 0 Å². The van der Waals surface area contributed by atoms with Crippen LogP contribution in [0, 0.1) is 0 Å². The lowest BCUT2D eigenvalue weighted by molar-refractivity contribution is -0.135. The van der Waals surface area contributed by atoms with Crippen LogP contribution in [0.5, 0.6) is 17.2 Å². The fourth-order valence-electron chi connectivity index (χ4n) is 3.13. The molecule has 166 valence electrons. The molecule has 3 aromatic rings. The van der Waals surface area contributed by atoms with Gasteiger partial charge >= 0.3 is 5.97 Å². The molecule has 3 rings (SSSR count). The SMILES string of the molecule is CC(C)c1cc(Oc2c(Cl)cc(N(CC(=O)O)C(=O)c3ccccc3)cc2Cl)ccc1O. The van der Waals surface area contributed by atoms with Gasteiger partial charge in [0.05, 0.1) is 10.0 Å². The average molecular weight is 474 g/mol. The number of phenolic OH excluding ortho intramolecular Hbond substituents is 1. The Kier molecular flexibility index (Phi) is 7.28. The molecule has 0 unspecified atom stereocenters. The molecule has 0 bridgehead atoms. The van der Waals surface area contributed by atoms with Crippen molar-refractivity contribution in [3.8, 4) is 17.2 Å². The first kappa shape index (κ1) is 23.4. The number of phenols is 1. The molecule has 0 heterocycles. The highest BCUT2D eigenvalue weighted by Crippen LogP contribution is 2.41. The summed E-state index contributed by atoms with van der Waals surface area (Å²) >= 11 is 12.8. The van der Waals surface area contributed by atoms with Crippen molar-refractivity contribution >= 4 is 40.8 Å². The molecule has 0 saturated heterocycles. The molecule has 0 radical (unpaired) electrons. The molecule has 0 aliphatic carbocycles. The van der Waals surface area contributed by atoms with E-state index in [4.69, 9.17) is 27.9 Å². The Balaban J connectivity index is 1.96. The molecule has 0 spiro atoms. The number of aromatic hydroxyl groups is 1. The number of ether oxygens (including phenoxy) is 1. The van der Waals surface area contributed by atoms with Gasteiger partial charge in [0, 0.05) is 16.8 Å². The Morgan fingerprint density at radius 1 is 1.00 bits per heavy atom. The molecule has 0 fully saturated rings. The highest BCUT2D eigenvalue weighted by molar-refractivity contribution is 6.37. The van der Waals surface area contributed by atoms with Gasteiger partial charge in [-0.3, -0.25) is 14.5 Å². The number of carbonyl (C=O) groups excluding carboxylic acids is 1. The van der Waals surface area contributed by atoms with Crippen LogP contribution in [0.1, 0.15) is 35.7 Å². The minimum Gasteiger partial charge on any atom is -0.508 e. The molecule has 6 nitrogen and oxygen atoms in total. The van der Waals surface area contributed by atoms with Crippen LogP contribution in [-0.4, -0.2) is 28.6 Å². The van der Waals surface area contributed by atoms with Gasteiger partial charge in [-0.25, -0.2) is 0 Å². The van der Waals surface area contributed by atoms with Gasteiger partial charge in [-0.1, -0.05) is 55.2 Å². The van der Waals surface area contributed by atoms with Crippen molar-refractivity contribution < 1.29 is 24.5 Å². The molecule has 32 heavy (non-hydrogen) atoms. The van der Waals surface area contributed by atoms with Crippen LogP contribution >= 0.6 is 23.2 Å². The predicted molar refractivity (Wildman–Crippen MR) is 124 cm³/mol. The predicted octanol–water partition coefficient (Wildman–Crippen LogP) is 6.35. The van der Waals surface area contributed by atoms with Gasteiger partial charge < -0.3 is 14.9 Å². The summed E-state index contributed by atoms with van der Waals surface area (Å²) in [7, 11) is 0. The molecular weight excluding hydrogens is 453 g/mol. The number of carboxylic acid groups (broad SMARTS) is 1.